The van der Waals surface area contributed by atoms with Crippen molar-refractivity contribution in [2.75, 3.05) is 17.4 Å². The van der Waals surface area contributed by atoms with E-state index in [9.17, 15) is 4.79 Å². The van der Waals surface area contributed by atoms with Crippen molar-refractivity contribution in [2.45, 2.75) is 13.0 Å². The summed E-state index contributed by atoms with van der Waals surface area (Å²) in [6.07, 6.45) is 0.298. The Hall–Kier alpha value is -3.61. The smallest absolute Gasteiger partial charge is 0.231 e. The normalized spacial score (nSPS) is 11.9. The van der Waals surface area contributed by atoms with Crippen molar-refractivity contribution in [1.29, 1.82) is 0 Å². The number of benzene rings is 2. The van der Waals surface area contributed by atoms with Crippen molar-refractivity contribution < 1.29 is 14.3 Å². The fourth-order valence-corrected chi connectivity index (χ4v) is 2.71. The van der Waals surface area contributed by atoms with Gasteiger partial charge in [0.15, 0.2) is 17.3 Å². The summed E-state index contributed by atoms with van der Waals surface area (Å²) in [5, 5.41) is 14.1. The Morgan fingerprint density at radius 1 is 0.889 bits per heavy atom. The first-order valence-electron chi connectivity index (χ1n) is 8.56. The van der Waals surface area contributed by atoms with E-state index in [0.29, 0.717) is 24.6 Å². The molecule has 1 aromatic heterocycles. The van der Waals surface area contributed by atoms with Crippen molar-refractivity contribution in [3.8, 4) is 11.5 Å². The lowest BCUT2D eigenvalue weighted by molar-refractivity contribution is -0.115. The van der Waals surface area contributed by atoms with Gasteiger partial charge in [0.2, 0.25) is 12.7 Å². The summed E-state index contributed by atoms with van der Waals surface area (Å²) in [6, 6.07) is 18.8. The maximum atomic E-state index is 12.1. The summed E-state index contributed by atoms with van der Waals surface area (Å²) in [5.74, 6) is 2.42. The molecule has 1 amide bonds. The standard InChI is InChI=1S/C20H18N4O3/c25-20(11-14-4-2-1-3-5-14)22-19-9-8-18(23-24-19)21-12-15-6-7-16-17(10-15)27-13-26-16/h1-10H,11-13H2,(H,21,23)(H,22,24,25). The molecule has 7 heteroatoms. The van der Waals surface area contributed by atoms with Crippen LogP contribution in [-0.4, -0.2) is 22.9 Å². The minimum atomic E-state index is -0.128. The van der Waals surface area contributed by atoms with Crippen LogP contribution in [0.25, 0.3) is 0 Å². The largest absolute Gasteiger partial charge is 0.454 e. The molecule has 2 heterocycles. The number of fused-ring (bicyclic) bond motifs is 1. The second kappa shape index (κ2) is 7.74. The Balaban J connectivity index is 1.30. The van der Waals surface area contributed by atoms with Crippen LogP contribution >= 0.6 is 0 Å². The number of carbonyl (C=O) groups is 1. The third-order valence-corrected chi connectivity index (χ3v) is 4.05. The molecule has 136 valence electrons. The number of hydrogen-bond acceptors (Lipinski definition) is 6. The van der Waals surface area contributed by atoms with Crippen molar-refractivity contribution in [3.05, 3.63) is 71.8 Å². The van der Waals surface area contributed by atoms with Crippen LogP contribution in [0.2, 0.25) is 0 Å². The van der Waals surface area contributed by atoms with Gasteiger partial charge < -0.3 is 20.1 Å². The lowest BCUT2D eigenvalue weighted by Gasteiger charge is -2.07. The van der Waals surface area contributed by atoms with Crippen LogP contribution in [0.5, 0.6) is 11.5 Å². The number of nitrogens with zero attached hydrogens (tertiary/aromatic N) is 2. The molecule has 0 fully saturated rings. The van der Waals surface area contributed by atoms with Gasteiger partial charge in [0.1, 0.15) is 5.82 Å². The summed E-state index contributed by atoms with van der Waals surface area (Å²) in [6.45, 7) is 0.834. The van der Waals surface area contributed by atoms with E-state index in [-0.39, 0.29) is 12.7 Å². The molecule has 1 aliphatic rings. The third kappa shape index (κ3) is 4.33. The summed E-state index contributed by atoms with van der Waals surface area (Å²) >= 11 is 0. The van der Waals surface area contributed by atoms with Crippen molar-refractivity contribution >= 4 is 17.5 Å². The second-order valence-corrected chi connectivity index (χ2v) is 6.06. The topological polar surface area (TPSA) is 85.4 Å². The lowest BCUT2D eigenvalue weighted by Crippen LogP contribution is -2.15. The predicted octanol–water partition coefficient (Wildman–Crippen LogP) is 3.00. The molecule has 0 radical (unpaired) electrons. The van der Waals surface area contributed by atoms with E-state index >= 15 is 0 Å². The van der Waals surface area contributed by atoms with Crippen molar-refractivity contribution in [3.63, 3.8) is 0 Å². The molecular formula is C20H18N4O3. The van der Waals surface area contributed by atoms with E-state index in [2.05, 4.69) is 20.8 Å². The summed E-state index contributed by atoms with van der Waals surface area (Å²) in [5.41, 5.74) is 1.99. The molecule has 0 saturated heterocycles. The monoisotopic (exact) mass is 362 g/mol. The molecule has 0 saturated carbocycles. The highest BCUT2D eigenvalue weighted by Crippen LogP contribution is 2.32. The first kappa shape index (κ1) is 16.8. The van der Waals surface area contributed by atoms with Crippen LogP contribution in [-0.2, 0) is 17.8 Å². The molecule has 1 aliphatic heterocycles. The molecule has 2 aromatic carbocycles. The van der Waals surface area contributed by atoms with Gasteiger partial charge in [-0.2, -0.15) is 0 Å². The van der Waals surface area contributed by atoms with Gasteiger partial charge in [-0.05, 0) is 35.4 Å². The van der Waals surface area contributed by atoms with Gasteiger partial charge in [-0.1, -0.05) is 36.4 Å². The molecule has 27 heavy (non-hydrogen) atoms. The Morgan fingerprint density at radius 2 is 1.67 bits per heavy atom. The van der Waals surface area contributed by atoms with E-state index in [1.165, 1.54) is 0 Å². The van der Waals surface area contributed by atoms with E-state index < -0.39 is 0 Å². The number of hydrogen-bond donors (Lipinski definition) is 2. The average Bonchev–Trinajstić information content (AvgIpc) is 3.16. The zero-order chi connectivity index (χ0) is 18.5. The van der Waals surface area contributed by atoms with Crippen molar-refractivity contribution in [1.82, 2.24) is 10.2 Å². The first-order chi connectivity index (χ1) is 13.3. The van der Waals surface area contributed by atoms with Crippen LogP contribution in [0.1, 0.15) is 11.1 Å². The Bertz CT molecular complexity index is 930. The highest BCUT2D eigenvalue weighted by molar-refractivity contribution is 5.91. The Kier molecular flexibility index (Phi) is 4.82. The van der Waals surface area contributed by atoms with Crippen LogP contribution in [0.4, 0.5) is 11.6 Å². The van der Waals surface area contributed by atoms with Crippen LogP contribution in [0.15, 0.2) is 60.7 Å². The number of ether oxygens (including phenoxy) is 2. The third-order valence-electron chi connectivity index (χ3n) is 4.05. The average molecular weight is 362 g/mol. The van der Waals surface area contributed by atoms with E-state index in [1.54, 1.807) is 12.1 Å². The quantitative estimate of drug-likeness (QED) is 0.701. The minimum Gasteiger partial charge on any atom is -0.454 e. The zero-order valence-electron chi connectivity index (χ0n) is 14.5. The minimum absolute atomic E-state index is 0.128. The summed E-state index contributed by atoms with van der Waals surface area (Å²) < 4.78 is 10.7. The Morgan fingerprint density at radius 3 is 2.48 bits per heavy atom. The molecule has 0 unspecified atom stereocenters. The van der Waals surface area contributed by atoms with Gasteiger partial charge in [-0.25, -0.2) is 0 Å². The van der Waals surface area contributed by atoms with E-state index in [4.69, 9.17) is 9.47 Å². The van der Waals surface area contributed by atoms with Gasteiger partial charge in [0.05, 0.1) is 6.42 Å². The molecule has 7 nitrogen and oxygen atoms in total. The van der Waals surface area contributed by atoms with Crippen LogP contribution in [0, 0.1) is 0 Å². The molecule has 0 spiro atoms. The number of rotatable bonds is 6. The molecule has 0 atom stereocenters. The van der Waals surface area contributed by atoms with Gasteiger partial charge in [-0.15, -0.1) is 10.2 Å². The molecule has 0 aliphatic carbocycles. The highest BCUT2D eigenvalue weighted by atomic mass is 16.7. The SMILES string of the molecule is O=C(Cc1ccccc1)Nc1ccc(NCc2ccc3c(c2)OCO3)nn1. The second-order valence-electron chi connectivity index (χ2n) is 6.06. The highest BCUT2D eigenvalue weighted by Gasteiger charge is 2.13. The van der Waals surface area contributed by atoms with E-state index in [0.717, 1.165) is 22.6 Å². The fraction of sp³-hybridized carbons (Fsp3) is 0.150. The molecule has 4 rings (SSSR count). The fourth-order valence-electron chi connectivity index (χ4n) is 2.71. The summed E-state index contributed by atoms with van der Waals surface area (Å²) in [4.78, 5) is 12.1. The molecule has 2 N–H and O–H groups in total. The van der Waals surface area contributed by atoms with Gasteiger partial charge in [0, 0.05) is 6.54 Å². The number of nitrogens with one attached hydrogen (secondary N) is 2. The number of amides is 1. The Labute approximate surface area is 156 Å². The van der Waals surface area contributed by atoms with E-state index in [1.807, 2.05) is 48.5 Å². The first-order valence-corrected chi connectivity index (χ1v) is 8.56. The van der Waals surface area contributed by atoms with Gasteiger partial charge in [-0.3, -0.25) is 4.79 Å². The number of carbonyl (C=O) groups excluding carboxylic acids is 1. The van der Waals surface area contributed by atoms with Gasteiger partial charge >= 0.3 is 0 Å². The van der Waals surface area contributed by atoms with Crippen LogP contribution < -0.4 is 20.1 Å². The molecular weight excluding hydrogens is 344 g/mol. The van der Waals surface area contributed by atoms with Crippen molar-refractivity contribution in [2.24, 2.45) is 0 Å². The summed E-state index contributed by atoms with van der Waals surface area (Å²) in [7, 11) is 0. The molecule has 3 aromatic rings. The van der Waals surface area contributed by atoms with Crippen LogP contribution in [0.3, 0.4) is 0 Å². The zero-order valence-corrected chi connectivity index (χ0v) is 14.5. The maximum absolute atomic E-state index is 12.1. The lowest BCUT2D eigenvalue weighted by atomic mass is 10.1. The number of aromatic nitrogens is 2. The molecule has 0 bridgehead atoms. The van der Waals surface area contributed by atoms with Gasteiger partial charge in [0.25, 0.3) is 0 Å². The maximum Gasteiger partial charge on any atom is 0.231 e. The predicted molar refractivity (Wildman–Crippen MR) is 101 cm³/mol. The number of anilines is 2.